The summed E-state index contributed by atoms with van der Waals surface area (Å²) in [6.45, 7) is 2.55. The average molecular weight is 300 g/mol. The first-order chi connectivity index (χ1) is 8.19. The fourth-order valence-electron chi connectivity index (χ4n) is 1.95. The van der Waals surface area contributed by atoms with E-state index in [1.807, 2.05) is 6.92 Å². The summed E-state index contributed by atoms with van der Waals surface area (Å²) < 4.78 is 11.5. The number of rotatable bonds is 4. The minimum Gasteiger partial charge on any atom is -0.453 e. The van der Waals surface area contributed by atoms with Crippen molar-refractivity contribution < 1.29 is 14.3 Å². The largest absolute Gasteiger partial charge is 0.453 e. The monoisotopic (exact) mass is 299 g/mol. The van der Waals surface area contributed by atoms with E-state index >= 15 is 0 Å². The highest BCUT2D eigenvalue weighted by atomic mass is 79.9. The molecule has 0 saturated carbocycles. The fourth-order valence-corrected chi connectivity index (χ4v) is 2.47. The summed E-state index contributed by atoms with van der Waals surface area (Å²) >= 11 is 3.39. The lowest BCUT2D eigenvalue weighted by molar-refractivity contribution is 0.0984. The van der Waals surface area contributed by atoms with Crippen molar-refractivity contribution in [2.45, 2.75) is 19.8 Å². The van der Waals surface area contributed by atoms with E-state index in [1.165, 1.54) is 0 Å². The summed E-state index contributed by atoms with van der Waals surface area (Å²) in [6, 6.07) is 1.80. The Balaban J connectivity index is 2.52. The van der Waals surface area contributed by atoms with Crippen molar-refractivity contribution in [3.05, 3.63) is 21.7 Å². The SMILES string of the molecule is CCc1c(C(=O)CCN)cc(Br)c2c1OCO2. The molecule has 92 valence electrons. The second kappa shape index (κ2) is 5.06. The van der Waals surface area contributed by atoms with E-state index in [1.54, 1.807) is 6.07 Å². The van der Waals surface area contributed by atoms with Gasteiger partial charge in [-0.05, 0) is 35.0 Å². The van der Waals surface area contributed by atoms with Crippen LogP contribution >= 0.6 is 15.9 Å². The standard InChI is InChI=1S/C12H14BrNO3/c1-2-7-8(10(15)3-4-14)5-9(13)12-11(7)16-6-17-12/h5H,2-4,6,14H2,1H3. The van der Waals surface area contributed by atoms with Crippen molar-refractivity contribution in [2.24, 2.45) is 5.73 Å². The lowest BCUT2D eigenvalue weighted by Crippen LogP contribution is -2.10. The molecule has 1 aliphatic heterocycles. The van der Waals surface area contributed by atoms with Gasteiger partial charge in [-0.1, -0.05) is 6.92 Å². The first kappa shape index (κ1) is 12.4. The summed E-state index contributed by atoms with van der Waals surface area (Å²) in [5.74, 6) is 1.41. The van der Waals surface area contributed by atoms with Gasteiger partial charge in [-0.2, -0.15) is 0 Å². The highest BCUT2D eigenvalue weighted by Gasteiger charge is 2.25. The lowest BCUT2D eigenvalue weighted by Gasteiger charge is -2.11. The van der Waals surface area contributed by atoms with Crippen molar-refractivity contribution in [1.82, 2.24) is 0 Å². The molecule has 17 heavy (non-hydrogen) atoms. The maximum absolute atomic E-state index is 12.0. The Hall–Kier alpha value is -1.07. The van der Waals surface area contributed by atoms with Crippen LogP contribution < -0.4 is 15.2 Å². The number of hydrogen-bond donors (Lipinski definition) is 1. The van der Waals surface area contributed by atoms with Gasteiger partial charge in [0.1, 0.15) is 0 Å². The number of carbonyl (C=O) groups excluding carboxylic acids is 1. The number of nitrogens with two attached hydrogens (primary N) is 1. The second-order valence-electron chi connectivity index (χ2n) is 3.76. The molecule has 0 amide bonds. The minimum absolute atomic E-state index is 0.0448. The predicted octanol–water partition coefficient (Wildman–Crippen LogP) is 2.27. The number of carbonyl (C=O) groups is 1. The zero-order chi connectivity index (χ0) is 12.4. The minimum atomic E-state index is 0.0448. The summed E-state index contributed by atoms with van der Waals surface area (Å²) in [5.41, 5.74) is 7.00. The molecule has 2 rings (SSSR count). The van der Waals surface area contributed by atoms with E-state index in [9.17, 15) is 4.79 Å². The third-order valence-electron chi connectivity index (χ3n) is 2.73. The van der Waals surface area contributed by atoms with Crippen molar-refractivity contribution in [2.75, 3.05) is 13.3 Å². The van der Waals surface area contributed by atoms with Gasteiger partial charge in [-0.3, -0.25) is 4.79 Å². The quantitative estimate of drug-likeness (QED) is 0.867. The van der Waals surface area contributed by atoms with Crippen LogP contribution in [0.3, 0.4) is 0 Å². The van der Waals surface area contributed by atoms with Gasteiger partial charge in [0.15, 0.2) is 17.3 Å². The molecule has 0 radical (unpaired) electrons. The fraction of sp³-hybridized carbons (Fsp3) is 0.417. The first-order valence-electron chi connectivity index (χ1n) is 5.53. The molecule has 0 unspecified atom stereocenters. The molecule has 0 aromatic heterocycles. The first-order valence-corrected chi connectivity index (χ1v) is 6.32. The van der Waals surface area contributed by atoms with E-state index in [0.29, 0.717) is 30.0 Å². The molecule has 0 fully saturated rings. The second-order valence-corrected chi connectivity index (χ2v) is 4.62. The molecule has 0 spiro atoms. The van der Waals surface area contributed by atoms with Crippen LogP contribution in [0.5, 0.6) is 11.5 Å². The highest BCUT2D eigenvalue weighted by molar-refractivity contribution is 9.10. The zero-order valence-electron chi connectivity index (χ0n) is 9.59. The Morgan fingerprint density at radius 3 is 2.82 bits per heavy atom. The third kappa shape index (κ3) is 2.17. The van der Waals surface area contributed by atoms with E-state index in [2.05, 4.69) is 15.9 Å². The van der Waals surface area contributed by atoms with Crippen molar-refractivity contribution >= 4 is 21.7 Å². The van der Waals surface area contributed by atoms with Crippen LogP contribution in [-0.4, -0.2) is 19.1 Å². The summed E-state index contributed by atoms with van der Waals surface area (Å²) in [5, 5.41) is 0. The Morgan fingerprint density at radius 2 is 2.18 bits per heavy atom. The molecule has 2 N–H and O–H groups in total. The Labute approximate surface area is 108 Å². The maximum atomic E-state index is 12.0. The summed E-state index contributed by atoms with van der Waals surface area (Å²) in [6.07, 6.45) is 1.07. The lowest BCUT2D eigenvalue weighted by atomic mass is 9.98. The topological polar surface area (TPSA) is 61.6 Å². The van der Waals surface area contributed by atoms with Gasteiger partial charge in [-0.15, -0.1) is 0 Å². The molecule has 0 aliphatic carbocycles. The van der Waals surface area contributed by atoms with Gasteiger partial charge in [0.05, 0.1) is 4.47 Å². The van der Waals surface area contributed by atoms with E-state index in [-0.39, 0.29) is 12.6 Å². The number of ether oxygens (including phenoxy) is 2. The molecule has 1 aromatic carbocycles. The van der Waals surface area contributed by atoms with Gasteiger partial charge < -0.3 is 15.2 Å². The maximum Gasteiger partial charge on any atom is 0.231 e. The van der Waals surface area contributed by atoms with E-state index in [0.717, 1.165) is 16.5 Å². The third-order valence-corrected chi connectivity index (χ3v) is 3.31. The normalized spacial score (nSPS) is 12.9. The molecular weight excluding hydrogens is 286 g/mol. The number of Topliss-reactive ketones (excluding diaryl/α,β-unsaturated/α-hetero) is 1. The molecular formula is C12H14BrNO3. The van der Waals surface area contributed by atoms with Crippen molar-refractivity contribution in [3.8, 4) is 11.5 Å². The van der Waals surface area contributed by atoms with Gasteiger partial charge in [0, 0.05) is 17.5 Å². The van der Waals surface area contributed by atoms with Crippen LogP contribution in [0.1, 0.15) is 29.3 Å². The molecule has 1 aromatic rings. The Bertz CT molecular complexity index is 460. The van der Waals surface area contributed by atoms with Gasteiger partial charge >= 0.3 is 0 Å². The number of benzene rings is 1. The smallest absolute Gasteiger partial charge is 0.231 e. The number of fused-ring (bicyclic) bond motifs is 1. The average Bonchev–Trinajstić information content (AvgIpc) is 2.78. The number of ketones is 1. The zero-order valence-corrected chi connectivity index (χ0v) is 11.2. The molecule has 5 heteroatoms. The van der Waals surface area contributed by atoms with Crippen LogP contribution in [-0.2, 0) is 6.42 Å². The van der Waals surface area contributed by atoms with E-state index < -0.39 is 0 Å². The van der Waals surface area contributed by atoms with Gasteiger partial charge in [-0.25, -0.2) is 0 Å². The number of halogens is 1. The Morgan fingerprint density at radius 1 is 1.47 bits per heavy atom. The highest BCUT2D eigenvalue weighted by Crippen LogP contribution is 2.44. The van der Waals surface area contributed by atoms with E-state index in [4.69, 9.17) is 15.2 Å². The molecule has 0 atom stereocenters. The van der Waals surface area contributed by atoms with Crippen LogP contribution in [0.15, 0.2) is 10.5 Å². The van der Waals surface area contributed by atoms with Crippen LogP contribution in [0.25, 0.3) is 0 Å². The molecule has 0 bridgehead atoms. The molecule has 4 nitrogen and oxygen atoms in total. The van der Waals surface area contributed by atoms with Gasteiger partial charge in [0.2, 0.25) is 6.79 Å². The summed E-state index contributed by atoms with van der Waals surface area (Å²) in [4.78, 5) is 12.0. The van der Waals surface area contributed by atoms with Crippen LogP contribution in [0, 0.1) is 0 Å². The molecule has 1 heterocycles. The number of hydrogen-bond acceptors (Lipinski definition) is 4. The predicted molar refractivity (Wildman–Crippen MR) is 67.6 cm³/mol. The van der Waals surface area contributed by atoms with Crippen molar-refractivity contribution in [1.29, 1.82) is 0 Å². The summed E-state index contributed by atoms with van der Waals surface area (Å²) in [7, 11) is 0. The van der Waals surface area contributed by atoms with Crippen molar-refractivity contribution in [3.63, 3.8) is 0 Å². The molecule has 0 saturated heterocycles. The van der Waals surface area contributed by atoms with Gasteiger partial charge in [0.25, 0.3) is 0 Å². The van der Waals surface area contributed by atoms with Crippen LogP contribution in [0.2, 0.25) is 0 Å². The molecule has 1 aliphatic rings. The Kier molecular flexibility index (Phi) is 3.69. The van der Waals surface area contributed by atoms with Crippen LogP contribution in [0.4, 0.5) is 0 Å².